The van der Waals surface area contributed by atoms with E-state index in [0.29, 0.717) is 6.04 Å². The van der Waals surface area contributed by atoms with E-state index in [4.69, 9.17) is 0 Å². The van der Waals surface area contributed by atoms with Gasteiger partial charge in [-0.15, -0.1) is 12.4 Å². The first-order valence-corrected chi connectivity index (χ1v) is 6.44. The minimum Gasteiger partial charge on any atom is -0.352 e. The van der Waals surface area contributed by atoms with Crippen LogP contribution in [0.1, 0.15) is 32.1 Å². The Kier molecular flexibility index (Phi) is 5.88. The molecule has 0 unspecified atom stereocenters. The Morgan fingerprint density at radius 2 is 2.00 bits per heavy atom. The number of halogens is 1. The fraction of sp³-hybridized carbons (Fsp3) is 0.833. The van der Waals surface area contributed by atoms with Crippen molar-refractivity contribution < 1.29 is 9.59 Å². The second-order valence-electron chi connectivity index (χ2n) is 5.04. The molecule has 1 aliphatic heterocycles. The van der Waals surface area contributed by atoms with Gasteiger partial charge in [0.1, 0.15) is 0 Å². The Balaban J connectivity index is 0.00000162. The fourth-order valence-electron chi connectivity index (χ4n) is 2.12. The van der Waals surface area contributed by atoms with Crippen molar-refractivity contribution in [1.29, 1.82) is 0 Å². The van der Waals surface area contributed by atoms with E-state index < -0.39 is 0 Å². The van der Waals surface area contributed by atoms with Gasteiger partial charge in [-0.05, 0) is 32.2 Å². The van der Waals surface area contributed by atoms with Gasteiger partial charge in [0, 0.05) is 13.1 Å². The number of piperidine rings is 1. The Labute approximate surface area is 114 Å². The van der Waals surface area contributed by atoms with Gasteiger partial charge in [-0.3, -0.25) is 9.59 Å². The van der Waals surface area contributed by atoms with Gasteiger partial charge in [0.25, 0.3) is 0 Å². The van der Waals surface area contributed by atoms with Crippen LogP contribution in [0.25, 0.3) is 0 Å². The summed E-state index contributed by atoms with van der Waals surface area (Å²) in [5, 5.41) is 6.09. The van der Waals surface area contributed by atoms with Crippen LogP contribution < -0.4 is 10.6 Å². The molecule has 1 saturated heterocycles. The van der Waals surface area contributed by atoms with E-state index in [9.17, 15) is 9.59 Å². The molecule has 1 atom stereocenters. The highest BCUT2D eigenvalue weighted by Gasteiger charge is 2.27. The third-order valence-corrected chi connectivity index (χ3v) is 3.31. The molecule has 104 valence electrons. The number of hydrogen-bond acceptors (Lipinski definition) is 3. The number of carbonyl (C=O) groups is 2. The molecule has 0 aromatic heterocycles. The Hall–Kier alpha value is -0.810. The predicted molar refractivity (Wildman–Crippen MR) is 71.7 cm³/mol. The highest BCUT2D eigenvalue weighted by molar-refractivity contribution is 5.87. The van der Waals surface area contributed by atoms with Crippen molar-refractivity contribution in [2.24, 2.45) is 0 Å². The van der Waals surface area contributed by atoms with Gasteiger partial charge < -0.3 is 15.5 Å². The van der Waals surface area contributed by atoms with Crippen LogP contribution >= 0.6 is 12.4 Å². The van der Waals surface area contributed by atoms with Crippen molar-refractivity contribution in [1.82, 2.24) is 15.5 Å². The number of nitrogens with zero attached hydrogens (tertiary/aromatic N) is 1. The quantitative estimate of drug-likeness (QED) is 0.775. The minimum atomic E-state index is -0.0949. The minimum absolute atomic E-state index is 0. The van der Waals surface area contributed by atoms with Crippen LogP contribution in [0.15, 0.2) is 0 Å². The topological polar surface area (TPSA) is 61.4 Å². The van der Waals surface area contributed by atoms with Crippen molar-refractivity contribution in [3.05, 3.63) is 0 Å². The molecule has 1 heterocycles. The Bertz CT molecular complexity index is 302. The molecule has 2 N–H and O–H groups in total. The lowest BCUT2D eigenvalue weighted by atomic mass is 10.0. The van der Waals surface area contributed by atoms with Crippen molar-refractivity contribution in [3.63, 3.8) is 0 Å². The molecular formula is C12H22ClN3O2. The summed E-state index contributed by atoms with van der Waals surface area (Å²) in [6.07, 6.45) is 5.26. The molecule has 6 heteroatoms. The van der Waals surface area contributed by atoms with Gasteiger partial charge in [-0.1, -0.05) is 6.42 Å². The third kappa shape index (κ3) is 4.46. The maximum atomic E-state index is 12.0. The van der Waals surface area contributed by atoms with Gasteiger partial charge in [0.15, 0.2) is 0 Å². The first-order valence-electron chi connectivity index (χ1n) is 6.44. The summed E-state index contributed by atoms with van der Waals surface area (Å²) in [7, 11) is 1.70. The first kappa shape index (κ1) is 15.2. The van der Waals surface area contributed by atoms with Crippen molar-refractivity contribution in [3.8, 4) is 0 Å². The third-order valence-electron chi connectivity index (χ3n) is 3.31. The van der Waals surface area contributed by atoms with E-state index in [2.05, 4.69) is 10.6 Å². The van der Waals surface area contributed by atoms with E-state index in [1.54, 1.807) is 7.05 Å². The summed E-state index contributed by atoms with van der Waals surface area (Å²) in [6.45, 7) is 1.08. The number of hydrogen-bond donors (Lipinski definition) is 2. The molecule has 0 spiro atoms. The highest BCUT2D eigenvalue weighted by atomic mass is 35.5. The zero-order valence-corrected chi connectivity index (χ0v) is 11.6. The first-order chi connectivity index (χ1) is 8.16. The molecule has 18 heavy (non-hydrogen) atoms. The SMILES string of the molecule is CN(CC(=O)NC1CC1)C(=O)[C@@H]1CCCCN1.Cl. The van der Waals surface area contributed by atoms with Gasteiger partial charge in [0.05, 0.1) is 12.6 Å². The summed E-state index contributed by atoms with van der Waals surface area (Å²) in [5.41, 5.74) is 0. The zero-order valence-electron chi connectivity index (χ0n) is 10.8. The average Bonchev–Trinajstić information content (AvgIpc) is 3.12. The molecule has 0 radical (unpaired) electrons. The summed E-state index contributed by atoms with van der Waals surface area (Å²) in [6, 6.07) is 0.265. The monoisotopic (exact) mass is 275 g/mol. The standard InChI is InChI=1S/C12H21N3O2.ClH/c1-15(8-11(16)14-9-5-6-9)12(17)10-4-2-3-7-13-10;/h9-10,13H,2-8H2,1H3,(H,14,16);1H/t10-;/m0./s1. The van der Waals surface area contributed by atoms with Crippen molar-refractivity contribution in [2.45, 2.75) is 44.2 Å². The van der Waals surface area contributed by atoms with Crippen molar-refractivity contribution in [2.75, 3.05) is 20.1 Å². The molecule has 2 rings (SSSR count). The summed E-state index contributed by atoms with van der Waals surface area (Å²) >= 11 is 0. The number of rotatable bonds is 4. The van der Waals surface area contributed by atoms with Crippen LogP contribution in [0.2, 0.25) is 0 Å². The Morgan fingerprint density at radius 3 is 2.56 bits per heavy atom. The van der Waals surface area contributed by atoms with Gasteiger partial charge >= 0.3 is 0 Å². The Morgan fingerprint density at radius 1 is 1.28 bits per heavy atom. The number of amides is 2. The predicted octanol–water partition coefficient (Wildman–Crippen LogP) is 0.287. The van der Waals surface area contributed by atoms with Crippen LogP contribution in [0.4, 0.5) is 0 Å². The van der Waals surface area contributed by atoms with Crippen LogP contribution in [-0.4, -0.2) is 48.9 Å². The molecule has 0 aromatic carbocycles. The number of likely N-dealkylation sites (N-methyl/N-ethyl adjacent to an activating group) is 1. The zero-order chi connectivity index (χ0) is 12.3. The molecular weight excluding hydrogens is 254 g/mol. The van der Waals surface area contributed by atoms with E-state index in [0.717, 1.165) is 38.6 Å². The van der Waals surface area contributed by atoms with Gasteiger partial charge in [-0.2, -0.15) is 0 Å². The fourth-order valence-corrected chi connectivity index (χ4v) is 2.12. The molecule has 0 aromatic rings. The van der Waals surface area contributed by atoms with E-state index in [1.807, 2.05) is 0 Å². The molecule has 1 aliphatic carbocycles. The smallest absolute Gasteiger partial charge is 0.239 e. The van der Waals surface area contributed by atoms with Crippen molar-refractivity contribution >= 4 is 24.2 Å². The lowest BCUT2D eigenvalue weighted by Gasteiger charge is -2.27. The van der Waals surface area contributed by atoms with Crippen LogP contribution in [0.3, 0.4) is 0 Å². The number of nitrogens with one attached hydrogen (secondary N) is 2. The second-order valence-corrected chi connectivity index (χ2v) is 5.04. The molecule has 2 aliphatic rings. The van der Waals surface area contributed by atoms with Crippen LogP contribution in [-0.2, 0) is 9.59 Å². The second kappa shape index (κ2) is 6.95. The lowest BCUT2D eigenvalue weighted by Crippen LogP contribution is -2.49. The van der Waals surface area contributed by atoms with Crippen LogP contribution in [0, 0.1) is 0 Å². The molecule has 2 amide bonds. The molecule has 0 bridgehead atoms. The normalized spacial score (nSPS) is 22.8. The summed E-state index contributed by atoms with van der Waals surface area (Å²) < 4.78 is 0. The summed E-state index contributed by atoms with van der Waals surface area (Å²) in [5.74, 6) is -0.00481. The molecule has 1 saturated carbocycles. The lowest BCUT2D eigenvalue weighted by molar-refractivity contribution is -0.136. The molecule has 5 nitrogen and oxygen atoms in total. The van der Waals surface area contributed by atoms with E-state index in [1.165, 1.54) is 4.90 Å². The number of carbonyl (C=O) groups excluding carboxylic acids is 2. The average molecular weight is 276 g/mol. The van der Waals surface area contributed by atoms with E-state index in [-0.39, 0.29) is 36.8 Å². The summed E-state index contributed by atoms with van der Waals surface area (Å²) in [4.78, 5) is 25.1. The van der Waals surface area contributed by atoms with Gasteiger partial charge in [0.2, 0.25) is 11.8 Å². The van der Waals surface area contributed by atoms with Crippen LogP contribution in [0.5, 0.6) is 0 Å². The largest absolute Gasteiger partial charge is 0.352 e. The maximum Gasteiger partial charge on any atom is 0.239 e. The molecule has 2 fully saturated rings. The highest BCUT2D eigenvalue weighted by Crippen LogP contribution is 2.18. The maximum absolute atomic E-state index is 12.0. The van der Waals surface area contributed by atoms with E-state index >= 15 is 0 Å². The van der Waals surface area contributed by atoms with Gasteiger partial charge in [-0.25, -0.2) is 0 Å².